The Hall–Kier alpha value is -3.82. The minimum atomic E-state index is -0.866. The summed E-state index contributed by atoms with van der Waals surface area (Å²) in [4.78, 5) is 15.4. The van der Waals surface area contributed by atoms with Gasteiger partial charge in [-0.05, 0) is 59.8 Å². The lowest BCUT2D eigenvalue weighted by Gasteiger charge is -2.11. The van der Waals surface area contributed by atoms with Crippen LogP contribution in [0.4, 0.5) is 0 Å². The maximum Gasteiger partial charge on any atom is 0.304 e. The van der Waals surface area contributed by atoms with Crippen molar-refractivity contribution in [1.82, 2.24) is 4.98 Å². The second-order valence-corrected chi connectivity index (χ2v) is 8.35. The molecule has 2 aromatic heterocycles. The van der Waals surface area contributed by atoms with Gasteiger partial charge in [0.15, 0.2) is 0 Å². The number of benzene rings is 2. The topological polar surface area (TPSA) is 68.7 Å². The van der Waals surface area contributed by atoms with Gasteiger partial charge in [0.2, 0.25) is 5.88 Å². The first-order valence-electron chi connectivity index (χ1n) is 10.5. The fraction of sp³-hybridized carbons (Fsp3) is 0.185. The van der Waals surface area contributed by atoms with Gasteiger partial charge in [0.25, 0.3) is 0 Å². The molecule has 0 saturated carbocycles. The van der Waals surface area contributed by atoms with Crippen molar-refractivity contribution in [3.05, 3.63) is 77.3 Å². The van der Waals surface area contributed by atoms with Gasteiger partial charge in [0.1, 0.15) is 12.4 Å². The molecule has 0 amide bonds. The zero-order chi connectivity index (χ0) is 23.2. The van der Waals surface area contributed by atoms with E-state index in [1.807, 2.05) is 36.4 Å². The van der Waals surface area contributed by atoms with E-state index in [-0.39, 0.29) is 12.3 Å². The molecule has 0 fully saturated rings. The van der Waals surface area contributed by atoms with Gasteiger partial charge in [-0.1, -0.05) is 24.1 Å². The van der Waals surface area contributed by atoms with Crippen molar-refractivity contribution in [2.24, 2.45) is 0 Å². The highest BCUT2D eigenvalue weighted by Gasteiger charge is 2.14. The smallest absolute Gasteiger partial charge is 0.304 e. The fourth-order valence-electron chi connectivity index (χ4n) is 3.70. The van der Waals surface area contributed by atoms with E-state index in [9.17, 15) is 4.79 Å². The Morgan fingerprint density at radius 2 is 1.97 bits per heavy atom. The molecule has 33 heavy (non-hydrogen) atoms. The van der Waals surface area contributed by atoms with E-state index in [1.54, 1.807) is 31.6 Å². The van der Waals surface area contributed by atoms with Gasteiger partial charge in [0.05, 0.1) is 19.4 Å². The zero-order valence-electron chi connectivity index (χ0n) is 18.4. The third kappa shape index (κ3) is 5.16. The lowest BCUT2D eigenvalue weighted by molar-refractivity contribution is -0.137. The number of methoxy groups -OCH3 is 1. The van der Waals surface area contributed by atoms with Crippen LogP contribution in [-0.2, 0) is 11.4 Å². The SMILES string of the molecule is CC#CC(CC(=O)O)c1ccc(OCc2ccc3scc(-c4cccnc4OC)c3c2)cc1. The van der Waals surface area contributed by atoms with E-state index in [0.29, 0.717) is 12.5 Å². The summed E-state index contributed by atoms with van der Waals surface area (Å²) in [6.45, 7) is 2.13. The molecule has 2 heterocycles. The quantitative estimate of drug-likeness (QED) is 0.322. The number of hydrogen-bond donors (Lipinski definition) is 1. The monoisotopic (exact) mass is 457 g/mol. The zero-order valence-corrected chi connectivity index (χ0v) is 19.2. The van der Waals surface area contributed by atoms with E-state index in [0.717, 1.165) is 33.4 Å². The predicted octanol–water partition coefficient (Wildman–Crippen LogP) is 6.13. The van der Waals surface area contributed by atoms with Crippen LogP contribution >= 0.6 is 11.3 Å². The number of carboxylic acids is 1. The van der Waals surface area contributed by atoms with Gasteiger partial charge < -0.3 is 14.6 Å². The van der Waals surface area contributed by atoms with Crippen molar-refractivity contribution in [3.63, 3.8) is 0 Å². The first-order chi connectivity index (χ1) is 16.1. The van der Waals surface area contributed by atoms with Gasteiger partial charge in [0, 0.05) is 27.4 Å². The Kier molecular flexibility index (Phi) is 6.92. The van der Waals surface area contributed by atoms with Crippen molar-refractivity contribution in [1.29, 1.82) is 0 Å². The van der Waals surface area contributed by atoms with Crippen molar-refractivity contribution < 1.29 is 19.4 Å². The summed E-state index contributed by atoms with van der Waals surface area (Å²) in [5, 5.41) is 12.4. The van der Waals surface area contributed by atoms with Gasteiger partial charge >= 0.3 is 5.97 Å². The highest BCUT2D eigenvalue weighted by molar-refractivity contribution is 7.17. The average Bonchev–Trinajstić information content (AvgIpc) is 3.25. The number of pyridine rings is 1. The first-order valence-corrected chi connectivity index (χ1v) is 11.3. The van der Waals surface area contributed by atoms with Gasteiger partial charge in [-0.25, -0.2) is 4.98 Å². The van der Waals surface area contributed by atoms with Crippen LogP contribution < -0.4 is 9.47 Å². The molecule has 166 valence electrons. The van der Waals surface area contributed by atoms with Crippen LogP contribution in [0.25, 0.3) is 21.2 Å². The molecule has 0 spiro atoms. The van der Waals surface area contributed by atoms with Gasteiger partial charge in [-0.2, -0.15) is 0 Å². The molecule has 2 aromatic carbocycles. The fourth-order valence-corrected chi connectivity index (χ4v) is 4.64. The minimum Gasteiger partial charge on any atom is -0.489 e. The highest BCUT2D eigenvalue weighted by atomic mass is 32.1. The van der Waals surface area contributed by atoms with E-state index in [2.05, 4.69) is 40.4 Å². The van der Waals surface area contributed by atoms with Crippen LogP contribution in [0.15, 0.2) is 66.2 Å². The summed E-state index contributed by atoms with van der Waals surface area (Å²) in [6.07, 6.45) is 1.70. The number of carbonyl (C=O) groups is 1. The molecule has 1 atom stereocenters. The third-order valence-electron chi connectivity index (χ3n) is 5.28. The summed E-state index contributed by atoms with van der Waals surface area (Å²) in [7, 11) is 1.63. The van der Waals surface area contributed by atoms with Crippen LogP contribution in [0.2, 0.25) is 0 Å². The molecular formula is C27H23NO4S. The number of thiophene rings is 1. The summed E-state index contributed by atoms with van der Waals surface area (Å²) in [5.74, 6) is 5.91. The van der Waals surface area contributed by atoms with Crippen LogP contribution in [-0.4, -0.2) is 23.2 Å². The molecule has 0 bridgehead atoms. The predicted molar refractivity (Wildman–Crippen MR) is 131 cm³/mol. The van der Waals surface area contributed by atoms with E-state index >= 15 is 0 Å². The molecular weight excluding hydrogens is 434 g/mol. The molecule has 0 aliphatic heterocycles. The molecule has 0 aliphatic rings. The standard InChI is InChI=1S/C27H23NO4S/c1-3-5-20(15-26(29)30)19-8-10-21(11-9-19)32-16-18-7-12-25-23(14-18)24(17-33-25)22-6-4-13-28-27(22)31-2/h4,6-14,17,20H,15-16H2,1-2H3,(H,29,30). The lowest BCUT2D eigenvalue weighted by Crippen LogP contribution is -2.04. The van der Waals surface area contributed by atoms with Crippen molar-refractivity contribution in [3.8, 4) is 34.6 Å². The minimum absolute atomic E-state index is 0.0221. The molecule has 0 aliphatic carbocycles. The summed E-state index contributed by atoms with van der Waals surface area (Å²) < 4.78 is 12.6. The highest BCUT2D eigenvalue weighted by Crippen LogP contribution is 2.38. The first kappa shape index (κ1) is 22.4. The molecule has 6 heteroatoms. The maximum atomic E-state index is 11.1. The Morgan fingerprint density at radius 1 is 1.15 bits per heavy atom. The molecule has 4 rings (SSSR count). The Balaban J connectivity index is 1.52. The molecule has 0 radical (unpaired) electrons. The molecule has 1 N–H and O–H groups in total. The van der Waals surface area contributed by atoms with Gasteiger partial charge in [-0.3, -0.25) is 4.79 Å². The summed E-state index contributed by atoms with van der Waals surface area (Å²) in [6, 6.07) is 17.7. The Morgan fingerprint density at radius 3 is 2.70 bits per heavy atom. The Bertz CT molecular complexity index is 1330. The molecule has 4 aromatic rings. The number of fused-ring (bicyclic) bond motifs is 1. The van der Waals surface area contributed by atoms with Crippen molar-refractivity contribution in [2.75, 3.05) is 7.11 Å². The number of ether oxygens (including phenoxy) is 2. The number of rotatable bonds is 8. The number of nitrogens with zero attached hydrogens (tertiary/aromatic N) is 1. The largest absolute Gasteiger partial charge is 0.489 e. The summed E-state index contributed by atoms with van der Waals surface area (Å²) >= 11 is 1.69. The molecule has 0 saturated heterocycles. The van der Waals surface area contributed by atoms with Crippen molar-refractivity contribution in [2.45, 2.75) is 25.9 Å². The van der Waals surface area contributed by atoms with Crippen LogP contribution in [0.1, 0.15) is 30.4 Å². The van der Waals surface area contributed by atoms with Crippen LogP contribution in [0.5, 0.6) is 11.6 Å². The van der Waals surface area contributed by atoms with Gasteiger partial charge in [-0.15, -0.1) is 17.3 Å². The molecule has 5 nitrogen and oxygen atoms in total. The normalized spacial score (nSPS) is 11.5. The molecule has 1 unspecified atom stereocenters. The van der Waals surface area contributed by atoms with Crippen molar-refractivity contribution >= 4 is 27.4 Å². The van der Waals surface area contributed by atoms with E-state index < -0.39 is 5.97 Å². The number of aliphatic carboxylic acids is 1. The average molecular weight is 458 g/mol. The third-order valence-corrected chi connectivity index (χ3v) is 6.24. The van der Waals surface area contributed by atoms with E-state index in [4.69, 9.17) is 14.6 Å². The van der Waals surface area contributed by atoms with Crippen LogP contribution in [0.3, 0.4) is 0 Å². The summed E-state index contributed by atoms with van der Waals surface area (Å²) in [5.41, 5.74) is 3.97. The maximum absolute atomic E-state index is 11.1. The number of carboxylic acid groups (broad SMARTS) is 1. The van der Waals surface area contributed by atoms with Crippen LogP contribution in [0, 0.1) is 11.8 Å². The van der Waals surface area contributed by atoms with E-state index in [1.165, 1.54) is 4.70 Å². The number of aromatic nitrogens is 1. The lowest BCUT2D eigenvalue weighted by atomic mass is 9.96. The second kappa shape index (κ2) is 10.2. The second-order valence-electron chi connectivity index (χ2n) is 7.44. The number of hydrogen-bond acceptors (Lipinski definition) is 5. The Labute approximate surface area is 196 Å².